The van der Waals surface area contributed by atoms with Gasteiger partial charge in [0.15, 0.2) is 17.7 Å². The number of carbonyl (C=O) groups is 2. The molecule has 2 bridgehead atoms. The Morgan fingerprint density at radius 3 is 2.58 bits per heavy atom. The molecular weight excluding hydrogens is 572 g/mol. The molecule has 4 N–H and O–H groups in total. The fourth-order valence-electron chi connectivity index (χ4n) is 9.76. The molecule has 3 fully saturated rings. The lowest BCUT2D eigenvalue weighted by molar-refractivity contribution is -0.273. The lowest BCUT2D eigenvalue weighted by Crippen LogP contribution is -2.75. The number of ether oxygens (including phenoxy) is 3. The minimum atomic E-state index is -1.81. The van der Waals surface area contributed by atoms with Crippen molar-refractivity contribution in [1.29, 1.82) is 0 Å². The van der Waals surface area contributed by atoms with Gasteiger partial charge in [0.1, 0.15) is 17.3 Å². The van der Waals surface area contributed by atoms with Gasteiger partial charge in [0, 0.05) is 39.4 Å². The van der Waals surface area contributed by atoms with E-state index in [1.165, 1.54) is 11.6 Å². The smallest absolute Gasteiger partial charge is 0.408 e. The maximum Gasteiger partial charge on any atom is 0.408 e. The van der Waals surface area contributed by atoms with Gasteiger partial charge in [0.05, 0.1) is 12.6 Å². The molecule has 3 heterocycles. The fraction of sp³-hybridized carbons (Fsp3) is 0.500. The summed E-state index contributed by atoms with van der Waals surface area (Å²) >= 11 is 0. The van der Waals surface area contributed by atoms with E-state index in [1.807, 2.05) is 56.3 Å². The first-order valence-electron chi connectivity index (χ1n) is 16.0. The normalized spacial score (nSPS) is 38.0. The van der Waals surface area contributed by atoms with Crippen LogP contribution in [0.2, 0.25) is 0 Å². The highest BCUT2D eigenvalue weighted by Gasteiger charge is 2.78. The molecule has 5 aliphatic rings. The maximum absolute atomic E-state index is 13.7. The number of aliphatic hydroxyl groups is 2. The van der Waals surface area contributed by atoms with Crippen LogP contribution in [0.25, 0.3) is 10.9 Å². The number of para-hydroxylation sites is 1. The molecule has 3 aliphatic carbocycles. The molecule has 8 atom stereocenters. The highest BCUT2D eigenvalue weighted by Crippen LogP contribution is 2.72. The predicted octanol–water partition coefficient (Wildman–Crippen LogP) is 4.76. The molecule has 1 saturated heterocycles. The number of amides is 1. The molecule has 2 aliphatic heterocycles. The zero-order chi connectivity index (χ0) is 31.6. The Hall–Kier alpha value is -3.50. The summed E-state index contributed by atoms with van der Waals surface area (Å²) in [7, 11) is 0. The minimum Gasteiger partial charge on any atom is -0.443 e. The summed E-state index contributed by atoms with van der Waals surface area (Å²) in [5, 5.41) is 27.5. The Bertz CT molecular complexity index is 1760. The SMILES string of the molecule is CC1(C)O[C@@]23CC[C@]4(C)[C@@]5(C)c6[nH]c7ccccc7c6C[C@@H]5C[C@H](OC(=O)N[C@H](CO)c5ccccc5)[C@@]4(O)C2=CC(=O)[C@@H]1O3. The van der Waals surface area contributed by atoms with Gasteiger partial charge >= 0.3 is 6.09 Å². The quantitative estimate of drug-likeness (QED) is 0.334. The molecule has 0 unspecified atom stereocenters. The average Bonchev–Trinajstić information content (AvgIpc) is 3.61. The molecular formula is C36H40N2O7. The molecule has 2 aromatic carbocycles. The number of aromatic amines is 1. The second-order valence-corrected chi connectivity index (χ2v) is 14.6. The molecule has 8 rings (SSSR count). The van der Waals surface area contributed by atoms with Gasteiger partial charge in [-0.3, -0.25) is 4.79 Å². The van der Waals surface area contributed by atoms with Gasteiger partial charge in [-0.25, -0.2) is 4.79 Å². The largest absolute Gasteiger partial charge is 0.443 e. The van der Waals surface area contributed by atoms with Gasteiger partial charge in [0.25, 0.3) is 0 Å². The molecule has 45 heavy (non-hydrogen) atoms. The van der Waals surface area contributed by atoms with Gasteiger partial charge < -0.3 is 34.7 Å². The number of ketones is 1. The van der Waals surface area contributed by atoms with E-state index in [0.29, 0.717) is 24.8 Å². The van der Waals surface area contributed by atoms with Crippen LogP contribution in [0.4, 0.5) is 4.79 Å². The molecule has 236 valence electrons. The first-order chi connectivity index (χ1) is 21.4. The molecule has 1 amide bonds. The summed E-state index contributed by atoms with van der Waals surface area (Å²) in [6.45, 7) is 7.63. The van der Waals surface area contributed by atoms with Crippen molar-refractivity contribution < 1.29 is 34.0 Å². The van der Waals surface area contributed by atoms with Gasteiger partial charge in [-0.15, -0.1) is 0 Å². The number of fused-ring (bicyclic) bond motifs is 9. The molecule has 9 heteroatoms. The van der Waals surface area contributed by atoms with Crippen LogP contribution in [-0.2, 0) is 30.8 Å². The average molecular weight is 613 g/mol. The van der Waals surface area contributed by atoms with Crippen molar-refractivity contribution in [1.82, 2.24) is 10.3 Å². The summed E-state index contributed by atoms with van der Waals surface area (Å²) in [6.07, 6.45) is 1.03. The molecule has 2 saturated carbocycles. The van der Waals surface area contributed by atoms with E-state index in [9.17, 15) is 19.8 Å². The number of benzene rings is 2. The molecule has 1 aromatic heterocycles. The van der Waals surface area contributed by atoms with Gasteiger partial charge in [-0.1, -0.05) is 62.4 Å². The highest BCUT2D eigenvalue weighted by atomic mass is 16.8. The Morgan fingerprint density at radius 2 is 1.82 bits per heavy atom. The number of H-pyrrole nitrogens is 1. The zero-order valence-corrected chi connectivity index (χ0v) is 26.1. The van der Waals surface area contributed by atoms with Crippen molar-refractivity contribution >= 4 is 22.8 Å². The van der Waals surface area contributed by atoms with Crippen molar-refractivity contribution in [2.75, 3.05) is 6.61 Å². The number of rotatable bonds is 4. The van der Waals surface area contributed by atoms with Crippen LogP contribution in [-0.4, -0.2) is 62.9 Å². The number of nitrogens with one attached hydrogen (secondary N) is 2. The Morgan fingerprint density at radius 1 is 1.09 bits per heavy atom. The lowest BCUT2D eigenvalue weighted by Gasteiger charge is -2.67. The third-order valence-corrected chi connectivity index (χ3v) is 12.2. The standard InChI is InChI=1S/C36H40N2O7/c1-32(2)30-26(40)18-27-35(44-30,45-32)15-14-33(3)34(4)21(16-23-22-12-8-9-13-24(22)37-29(23)34)17-28(36(27,33)42)43-31(41)38-25(19-39)20-10-6-5-7-11-20/h5-13,18,21,25,28,30,37,39,42H,14-17,19H2,1-4H3,(H,38,41)/t21-,25-,28+,30+,33-,34-,35+,36+/m1/s1. The van der Waals surface area contributed by atoms with Crippen LogP contribution in [0.5, 0.6) is 0 Å². The number of carbonyl (C=O) groups excluding carboxylic acids is 2. The zero-order valence-electron chi connectivity index (χ0n) is 26.1. The summed E-state index contributed by atoms with van der Waals surface area (Å²) < 4.78 is 19.3. The van der Waals surface area contributed by atoms with Gasteiger partial charge in [-0.2, -0.15) is 0 Å². The fourth-order valence-corrected chi connectivity index (χ4v) is 9.76. The summed E-state index contributed by atoms with van der Waals surface area (Å²) in [4.78, 5) is 31.0. The number of hydrogen-bond acceptors (Lipinski definition) is 7. The topological polar surface area (TPSA) is 130 Å². The van der Waals surface area contributed by atoms with Crippen molar-refractivity contribution in [2.24, 2.45) is 11.3 Å². The minimum absolute atomic E-state index is 0.0396. The Balaban J connectivity index is 1.25. The number of aliphatic hydroxyl groups excluding tert-OH is 1. The molecule has 9 nitrogen and oxygen atoms in total. The van der Waals surface area contributed by atoms with Gasteiger partial charge in [-0.05, 0) is 62.3 Å². The van der Waals surface area contributed by atoms with E-state index in [2.05, 4.69) is 36.3 Å². The first-order valence-corrected chi connectivity index (χ1v) is 16.0. The number of alkyl carbamates (subject to hydrolysis) is 1. The van der Waals surface area contributed by atoms with E-state index in [4.69, 9.17) is 14.2 Å². The number of hydrogen-bond donors (Lipinski definition) is 4. The molecule has 3 aromatic rings. The second kappa shape index (κ2) is 9.28. The molecule has 1 spiro atoms. The van der Waals surface area contributed by atoms with Crippen molar-refractivity contribution in [3.8, 4) is 0 Å². The van der Waals surface area contributed by atoms with Crippen molar-refractivity contribution in [2.45, 2.75) is 94.0 Å². The number of aromatic nitrogens is 1. The van der Waals surface area contributed by atoms with Crippen LogP contribution in [0.1, 0.15) is 69.8 Å². The van der Waals surface area contributed by atoms with E-state index < -0.39 is 52.2 Å². The third kappa shape index (κ3) is 3.58. The summed E-state index contributed by atoms with van der Waals surface area (Å²) in [5.41, 5.74) is 0.280. The maximum atomic E-state index is 13.7. The summed E-state index contributed by atoms with van der Waals surface area (Å²) in [6, 6.07) is 16.7. The van der Waals surface area contributed by atoms with Crippen LogP contribution >= 0.6 is 0 Å². The van der Waals surface area contributed by atoms with Crippen molar-refractivity contribution in [3.05, 3.63) is 83.1 Å². The Kier molecular flexibility index (Phi) is 5.97. The summed E-state index contributed by atoms with van der Waals surface area (Å²) in [5.74, 6) is -1.53. The van der Waals surface area contributed by atoms with Gasteiger partial charge in [0.2, 0.25) is 0 Å². The van der Waals surface area contributed by atoms with Crippen LogP contribution in [0.3, 0.4) is 0 Å². The monoisotopic (exact) mass is 612 g/mol. The van der Waals surface area contributed by atoms with E-state index in [-0.39, 0.29) is 18.3 Å². The van der Waals surface area contributed by atoms with Crippen molar-refractivity contribution in [3.63, 3.8) is 0 Å². The lowest BCUT2D eigenvalue weighted by atomic mass is 9.41. The van der Waals surface area contributed by atoms with E-state index >= 15 is 0 Å². The van der Waals surface area contributed by atoms with E-state index in [1.54, 1.807) is 0 Å². The van der Waals surface area contributed by atoms with Crippen LogP contribution < -0.4 is 5.32 Å². The van der Waals surface area contributed by atoms with Crippen LogP contribution in [0, 0.1) is 11.3 Å². The van der Waals surface area contributed by atoms with Crippen LogP contribution in [0.15, 0.2) is 66.2 Å². The second-order valence-electron chi connectivity index (χ2n) is 14.6. The third-order valence-electron chi connectivity index (χ3n) is 12.2. The van der Waals surface area contributed by atoms with E-state index in [0.717, 1.165) is 28.6 Å². The predicted molar refractivity (Wildman–Crippen MR) is 165 cm³/mol. The highest BCUT2D eigenvalue weighted by molar-refractivity contribution is 5.97. The molecule has 0 radical (unpaired) electrons. The first kappa shape index (κ1) is 28.9. The Labute approximate surface area is 261 Å².